The highest BCUT2D eigenvalue weighted by molar-refractivity contribution is 5.15. The molecule has 0 amide bonds. The lowest BCUT2D eigenvalue weighted by atomic mass is 9.88. The maximum Gasteiger partial charge on any atom is 0.460 e. The van der Waals surface area contributed by atoms with Gasteiger partial charge in [0.2, 0.25) is 6.33 Å². The van der Waals surface area contributed by atoms with E-state index >= 15 is 0 Å². The van der Waals surface area contributed by atoms with E-state index in [1.807, 2.05) is 0 Å². The summed E-state index contributed by atoms with van der Waals surface area (Å²) in [7, 11) is 0. The summed E-state index contributed by atoms with van der Waals surface area (Å²) < 4.78 is 227. The van der Waals surface area contributed by atoms with Crippen LogP contribution in [0.4, 0.5) is 74.6 Å². The van der Waals surface area contributed by atoms with Crippen LogP contribution in [0.25, 0.3) is 0 Å². The van der Waals surface area contributed by atoms with Crippen molar-refractivity contribution >= 4 is 0 Å². The van der Waals surface area contributed by atoms with Gasteiger partial charge in [0, 0.05) is 0 Å². The second-order valence-corrected chi connectivity index (χ2v) is 7.64. The summed E-state index contributed by atoms with van der Waals surface area (Å²) in [5.74, 6) is -56.1. The first-order valence-electron chi connectivity index (χ1n) is 9.52. The molecule has 0 aliphatic carbocycles. The molecule has 2 nitrogen and oxygen atoms in total. The minimum Gasteiger partial charge on any atom is -0.237 e. The van der Waals surface area contributed by atoms with Gasteiger partial charge in [0.25, 0.3) is 0 Å². The highest BCUT2D eigenvalue weighted by atomic mass is 19.4. The van der Waals surface area contributed by atoms with Crippen LogP contribution in [0.15, 0.2) is 18.7 Å². The second kappa shape index (κ2) is 9.40. The van der Waals surface area contributed by atoms with Crippen molar-refractivity contribution in [2.24, 2.45) is 0 Å². The number of rotatable bonds is 12. The van der Waals surface area contributed by atoms with E-state index in [2.05, 4.69) is 0 Å². The van der Waals surface area contributed by atoms with E-state index in [0.717, 1.165) is 12.5 Å². The maximum atomic E-state index is 13.9. The van der Waals surface area contributed by atoms with Crippen LogP contribution >= 0.6 is 0 Å². The lowest BCUT2D eigenvalue weighted by Gasteiger charge is -2.42. The van der Waals surface area contributed by atoms with E-state index in [0.29, 0.717) is 17.4 Å². The lowest BCUT2D eigenvalue weighted by Crippen LogP contribution is -2.74. The number of unbranched alkanes of at least 4 members (excludes halogenated alkanes) is 1. The number of hydrogen-bond acceptors (Lipinski definition) is 0. The van der Waals surface area contributed by atoms with Crippen molar-refractivity contribution in [3.05, 3.63) is 18.7 Å². The van der Waals surface area contributed by atoms with Gasteiger partial charge in [-0.05, 0) is 6.42 Å². The van der Waals surface area contributed by atoms with Gasteiger partial charge in [0.15, 0.2) is 0 Å². The molecule has 0 radical (unpaired) electrons. The quantitative estimate of drug-likeness (QED) is 0.189. The van der Waals surface area contributed by atoms with Crippen molar-refractivity contribution < 1.29 is 79.2 Å². The molecule has 0 spiro atoms. The third-order valence-electron chi connectivity index (χ3n) is 4.99. The Kier molecular flexibility index (Phi) is 8.37. The van der Waals surface area contributed by atoms with Crippen LogP contribution in [-0.2, 0) is 13.1 Å². The molecule has 1 aromatic heterocycles. The number of nitrogens with zero attached hydrogens (tertiary/aromatic N) is 2. The Morgan fingerprint density at radius 1 is 0.611 bits per heavy atom. The summed E-state index contributed by atoms with van der Waals surface area (Å²) in [4.78, 5) is 0. The number of alkyl halides is 17. The SMILES string of the molecule is CCCC[n+]1ccn(CCC(F)(F)C(F)(F)C(F)(F)C(F)(F)C(F)(F)C(F)(F)C(F)(F)C(F)(F)F)c1. The van der Waals surface area contributed by atoms with Gasteiger partial charge in [0.05, 0.1) is 19.5 Å². The summed E-state index contributed by atoms with van der Waals surface area (Å²) in [6.45, 7) is 0.675. The standard InChI is InChI=1S/C17H16F17N2/c1-2-3-5-35-7-8-36(9-35)6-4-10(18,19)11(20,21)12(22,23)13(24,25)14(26,27)15(28,29)16(30,31)17(32,33)34/h7-9H,2-6H2,1H3/q+1. The number of imidazole rings is 1. The van der Waals surface area contributed by atoms with E-state index in [4.69, 9.17) is 0 Å². The summed E-state index contributed by atoms with van der Waals surface area (Å²) in [6.07, 6.45) is -5.97. The van der Waals surface area contributed by atoms with Crippen molar-refractivity contribution in [1.29, 1.82) is 0 Å². The third-order valence-corrected chi connectivity index (χ3v) is 4.99. The zero-order valence-electron chi connectivity index (χ0n) is 17.6. The van der Waals surface area contributed by atoms with E-state index in [1.54, 1.807) is 6.92 Å². The largest absolute Gasteiger partial charge is 0.460 e. The van der Waals surface area contributed by atoms with Gasteiger partial charge in [0.1, 0.15) is 12.4 Å². The molecule has 1 aromatic rings. The molecule has 0 saturated carbocycles. The Bertz CT molecular complexity index is 884. The predicted octanol–water partition coefficient (Wildman–Crippen LogP) is 6.98. The Hall–Kier alpha value is -1.98. The van der Waals surface area contributed by atoms with Crippen LogP contribution in [0.5, 0.6) is 0 Å². The molecule has 36 heavy (non-hydrogen) atoms. The minimum atomic E-state index is -8.60. The van der Waals surface area contributed by atoms with Crippen LogP contribution < -0.4 is 4.57 Å². The van der Waals surface area contributed by atoms with E-state index in [1.165, 1.54) is 10.8 Å². The van der Waals surface area contributed by atoms with Crippen LogP contribution in [0, 0.1) is 0 Å². The van der Waals surface area contributed by atoms with E-state index in [9.17, 15) is 74.6 Å². The normalized spacial score (nSPS) is 15.5. The monoisotopic (exact) mass is 571 g/mol. The molecular formula is C17H16F17N2+. The molecule has 0 aliphatic heterocycles. The van der Waals surface area contributed by atoms with Gasteiger partial charge < -0.3 is 0 Å². The molecule has 19 heteroatoms. The topological polar surface area (TPSA) is 8.81 Å². The molecule has 212 valence electrons. The van der Waals surface area contributed by atoms with Crippen LogP contribution in [0.1, 0.15) is 26.2 Å². The van der Waals surface area contributed by atoms with Crippen LogP contribution in [0.3, 0.4) is 0 Å². The number of halogens is 17. The molecule has 0 saturated heterocycles. The average molecular weight is 571 g/mol. The molecule has 0 aliphatic rings. The number of aryl methyl sites for hydroxylation is 2. The first-order chi connectivity index (χ1) is 15.8. The molecule has 1 heterocycles. The summed E-state index contributed by atoms with van der Waals surface area (Å²) in [5, 5.41) is 0. The fraction of sp³-hybridized carbons (Fsp3) is 0.824. The van der Waals surface area contributed by atoms with Crippen molar-refractivity contribution in [1.82, 2.24) is 4.57 Å². The Morgan fingerprint density at radius 2 is 1.03 bits per heavy atom. The molecular weight excluding hydrogens is 555 g/mol. The zero-order valence-corrected chi connectivity index (χ0v) is 17.6. The van der Waals surface area contributed by atoms with Crippen molar-refractivity contribution in [3.63, 3.8) is 0 Å². The molecule has 0 unspecified atom stereocenters. The zero-order chi connectivity index (χ0) is 28.8. The van der Waals surface area contributed by atoms with Crippen LogP contribution in [0.2, 0.25) is 0 Å². The molecule has 1 rings (SSSR count). The first-order valence-corrected chi connectivity index (χ1v) is 9.52. The van der Waals surface area contributed by atoms with Gasteiger partial charge in [-0.25, -0.2) is 9.13 Å². The molecule has 0 aromatic carbocycles. The van der Waals surface area contributed by atoms with Crippen molar-refractivity contribution in [2.75, 3.05) is 0 Å². The van der Waals surface area contributed by atoms with Crippen molar-refractivity contribution in [2.45, 2.75) is 86.9 Å². The third kappa shape index (κ3) is 4.81. The lowest BCUT2D eigenvalue weighted by molar-refractivity contribution is -0.696. The predicted molar refractivity (Wildman–Crippen MR) is 84.8 cm³/mol. The summed E-state index contributed by atoms with van der Waals surface area (Å²) in [5.41, 5.74) is 0. The van der Waals surface area contributed by atoms with Crippen molar-refractivity contribution in [3.8, 4) is 0 Å². The summed E-state index contributed by atoms with van der Waals surface area (Å²) >= 11 is 0. The Balaban J connectivity index is 3.35. The number of hydrogen-bond donors (Lipinski definition) is 0. The van der Waals surface area contributed by atoms with E-state index in [-0.39, 0.29) is 6.54 Å². The summed E-state index contributed by atoms with van der Waals surface area (Å²) in [6, 6.07) is 0. The second-order valence-electron chi connectivity index (χ2n) is 7.64. The average Bonchev–Trinajstić information content (AvgIpc) is 3.17. The van der Waals surface area contributed by atoms with Crippen LogP contribution in [-0.4, -0.2) is 52.2 Å². The van der Waals surface area contributed by atoms with Gasteiger partial charge in [-0.3, -0.25) is 0 Å². The Morgan fingerprint density at radius 3 is 1.44 bits per heavy atom. The molecule has 0 atom stereocenters. The van der Waals surface area contributed by atoms with E-state index < -0.39 is 60.6 Å². The highest BCUT2D eigenvalue weighted by Crippen LogP contribution is 2.64. The fourth-order valence-electron chi connectivity index (χ4n) is 2.67. The van der Waals surface area contributed by atoms with Gasteiger partial charge in [-0.2, -0.15) is 74.6 Å². The highest BCUT2D eigenvalue weighted by Gasteiger charge is 2.95. The minimum absolute atomic E-state index is 0.270. The first kappa shape index (κ1) is 32.0. The van der Waals surface area contributed by atoms with Gasteiger partial charge >= 0.3 is 47.6 Å². The maximum absolute atomic E-state index is 13.9. The van der Waals surface area contributed by atoms with Gasteiger partial charge in [-0.15, -0.1) is 0 Å². The molecule has 0 fully saturated rings. The fourth-order valence-corrected chi connectivity index (χ4v) is 2.67. The Labute approximate surface area is 190 Å². The molecule has 0 bridgehead atoms. The molecule has 0 N–H and O–H groups in total. The number of aromatic nitrogens is 2. The van der Waals surface area contributed by atoms with Gasteiger partial charge in [-0.1, -0.05) is 13.3 Å². The smallest absolute Gasteiger partial charge is 0.237 e.